The summed E-state index contributed by atoms with van der Waals surface area (Å²) in [6, 6.07) is 0.317. The van der Waals surface area contributed by atoms with Crippen molar-refractivity contribution < 1.29 is 9.53 Å². The van der Waals surface area contributed by atoms with E-state index < -0.39 is 0 Å². The maximum absolute atomic E-state index is 11.8. The molecule has 1 aliphatic carbocycles. The zero-order valence-electron chi connectivity index (χ0n) is 12.8. The molecule has 1 saturated heterocycles. The highest BCUT2D eigenvalue weighted by Gasteiger charge is 2.19. The van der Waals surface area contributed by atoms with Gasteiger partial charge >= 0.3 is 0 Å². The summed E-state index contributed by atoms with van der Waals surface area (Å²) in [5, 5.41) is 6.38. The van der Waals surface area contributed by atoms with E-state index in [9.17, 15) is 4.79 Å². The zero-order valence-corrected chi connectivity index (χ0v) is 12.8. The minimum Gasteiger partial charge on any atom is -0.381 e. The van der Waals surface area contributed by atoms with Crippen LogP contribution in [-0.2, 0) is 9.53 Å². The smallest absolute Gasteiger partial charge is 0.234 e. The lowest BCUT2D eigenvalue weighted by Gasteiger charge is -2.26. The van der Waals surface area contributed by atoms with Crippen molar-refractivity contribution in [2.75, 3.05) is 26.3 Å². The predicted octanol–water partition coefficient (Wildman–Crippen LogP) is 2.09. The Morgan fingerprint density at radius 1 is 1.20 bits per heavy atom. The minimum atomic E-state index is 0.133. The molecule has 116 valence electrons. The average molecular weight is 282 g/mol. The number of carbonyl (C=O) groups is 1. The number of amides is 1. The standard InChI is InChI=1S/C16H30N2O2/c1-13-3-2-4-14(11-13)5-8-17-12-16(19)18-15-6-9-20-10-7-15/h13-15,17H,2-12H2,1H3,(H,18,19). The molecule has 2 aliphatic rings. The summed E-state index contributed by atoms with van der Waals surface area (Å²) in [6.45, 7) is 5.34. The van der Waals surface area contributed by atoms with Gasteiger partial charge in [0.2, 0.25) is 5.91 Å². The van der Waals surface area contributed by atoms with Gasteiger partial charge in [0, 0.05) is 19.3 Å². The first-order valence-electron chi connectivity index (χ1n) is 8.32. The minimum absolute atomic E-state index is 0.133. The van der Waals surface area contributed by atoms with Gasteiger partial charge in [0.1, 0.15) is 0 Å². The summed E-state index contributed by atoms with van der Waals surface area (Å²) >= 11 is 0. The van der Waals surface area contributed by atoms with Crippen molar-refractivity contribution in [1.82, 2.24) is 10.6 Å². The number of carbonyl (C=O) groups excluding carboxylic acids is 1. The molecule has 0 aromatic carbocycles. The van der Waals surface area contributed by atoms with Crippen molar-refractivity contribution in [3.63, 3.8) is 0 Å². The van der Waals surface area contributed by atoms with E-state index in [-0.39, 0.29) is 5.91 Å². The Morgan fingerprint density at radius 3 is 2.75 bits per heavy atom. The van der Waals surface area contributed by atoms with Gasteiger partial charge in [-0.3, -0.25) is 4.79 Å². The summed E-state index contributed by atoms with van der Waals surface area (Å²) in [6.07, 6.45) is 8.65. The summed E-state index contributed by atoms with van der Waals surface area (Å²) < 4.78 is 5.29. The molecule has 2 rings (SSSR count). The van der Waals surface area contributed by atoms with Gasteiger partial charge in [-0.2, -0.15) is 0 Å². The van der Waals surface area contributed by atoms with Crippen LogP contribution in [0.1, 0.15) is 51.9 Å². The topological polar surface area (TPSA) is 50.4 Å². The van der Waals surface area contributed by atoms with Crippen LogP contribution in [0.5, 0.6) is 0 Å². The van der Waals surface area contributed by atoms with Crippen molar-refractivity contribution in [3.05, 3.63) is 0 Å². The van der Waals surface area contributed by atoms with Gasteiger partial charge in [0.25, 0.3) is 0 Å². The summed E-state index contributed by atoms with van der Waals surface area (Å²) in [5.74, 6) is 1.89. The molecular weight excluding hydrogens is 252 g/mol. The largest absolute Gasteiger partial charge is 0.381 e. The van der Waals surface area contributed by atoms with Gasteiger partial charge in [-0.25, -0.2) is 0 Å². The lowest BCUT2D eigenvalue weighted by Crippen LogP contribution is -2.43. The number of hydrogen-bond acceptors (Lipinski definition) is 3. The Labute approximate surface area is 123 Å². The normalized spacial score (nSPS) is 28.2. The highest BCUT2D eigenvalue weighted by atomic mass is 16.5. The maximum atomic E-state index is 11.8. The van der Waals surface area contributed by atoms with Crippen LogP contribution in [0.15, 0.2) is 0 Å². The van der Waals surface area contributed by atoms with Crippen LogP contribution in [0.25, 0.3) is 0 Å². The van der Waals surface area contributed by atoms with Crippen LogP contribution in [0, 0.1) is 11.8 Å². The molecule has 0 aromatic rings. The third-order valence-corrected chi connectivity index (χ3v) is 4.65. The van der Waals surface area contributed by atoms with Crippen LogP contribution < -0.4 is 10.6 Å². The van der Waals surface area contributed by atoms with E-state index in [0.717, 1.165) is 44.4 Å². The molecule has 1 aliphatic heterocycles. The van der Waals surface area contributed by atoms with Gasteiger partial charge in [0.05, 0.1) is 6.54 Å². The monoisotopic (exact) mass is 282 g/mol. The van der Waals surface area contributed by atoms with Crippen LogP contribution >= 0.6 is 0 Å². The first-order valence-corrected chi connectivity index (χ1v) is 8.32. The molecule has 1 heterocycles. The molecule has 1 saturated carbocycles. The van der Waals surface area contributed by atoms with E-state index in [1.54, 1.807) is 0 Å². The maximum Gasteiger partial charge on any atom is 0.234 e. The zero-order chi connectivity index (χ0) is 14.2. The van der Waals surface area contributed by atoms with Crippen LogP contribution in [0.3, 0.4) is 0 Å². The molecule has 20 heavy (non-hydrogen) atoms. The Kier molecular flexibility index (Phi) is 6.80. The second-order valence-electron chi connectivity index (χ2n) is 6.56. The number of hydrogen-bond donors (Lipinski definition) is 2. The molecule has 4 heteroatoms. The third-order valence-electron chi connectivity index (χ3n) is 4.65. The average Bonchev–Trinajstić information content (AvgIpc) is 2.45. The Morgan fingerprint density at radius 2 is 2.00 bits per heavy atom. The quantitative estimate of drug-likeness (QED) is 0.733. The lowest BCUT2D eigenvalue weighted by atomic mass is 9.81. The second kappa shape index (κ2) is 8.63. The van der Waals surface area contributed by atoms with Crippen molar-refractivity contribution in [2.24, 2.45) is 11.8 Å². The molecule has 0 spiro atoms. The highest BCUT2D eigenvalue weighted by Crippen LogP contribution is 2.30. The molecular formula is C16H30N2O2. The molecule has 1 amide bonds. The fourth-order valence-electron chi connectivity index (χ4n) is 3.45. The van der Waals surface area contributed by atoms with E-state index in [2.05, 4.69) is 17.6 Å². The first kappa shape index (κ1) is 15.8. The molecule has 0 bridgehead atoms. The van der Waals surface area contributed by atoms with E-state index in [0.29, 0.717) is 12.6 Å². The Hall–Kier alpha value is -0.610. The Balaban J connectivity index is 1.50. The second-order valence-corrected chi connectivity index (χ2v) is 6.56. The van der Waals surface area contributed by atoms with Crippen molar-refractivity contribution in [3.8, 4) is 0 Å². The molecule has 2 fully saturated rings. The van der Waals surface area contributed by atoms with E-state index >= 15 is 0 Å². The van der Waals surface area contributed by atoms with Gasteiger partial charge in [-0.05, 0) is 44.1 Å². The van der Waals surface area contributed by atoms with E-state index in [1.165, 1.54) is 32.1 Å². The van der Waals surface area contributed by atoms with E-state index in [1.807, 2.05) is 0 Å². The van der Waals surface area contributed by atoms with Crippen LogP contribution in [-0.4, -0.2) is 38.3 Å². The molecule has 4 nitrogen and oxygen atoms in total. The van der Waals surface area contributed by atoms with Crippen molar-refractivity contribution in [2.45, 2.75) is 57.9 Å². The summed E-state index contributed by atoms with van der Waals surface area (Å²) in [5.41, 5.74) is 0. The van der Waals surface area contributed by atoms with Gasteiger partial charge in [0.15, 0.2) is 0 Å². The van der Waals surface area contributed by atoms with E-state index in [4.69, 9.17) is 4.74 Å². The van der Waals surface area contributed by atoms with Crippen molar-refractivity contribution in [1.29, 1.82) is 0 Å². The number of rotatable bonds is 6. The number of ether oxygens (including phenoxy) is 1. The fraction of sp³-hybridized carbons (Fsp3) is 0.938. The molecule has 0 radical (unpaired) electrons. The molecule has 2 unspecified atom stereocenters. The predicted molar refractivity (Wildman–Crippen MR) is 80.6 cm³/mol. The summed E-state index contributed by atoms with van der Waals surface area (Å²) in [4.78, 5) is 11.8. The highest BCUT2D eigenvalue weighted by molar-refractivity contribution is 5.78. The van der Waals surface area contributed by atoms with Gasteiger partial charge in [-0.1, -0.05) is 26.2 Å². The van der Waals surface area contributed by atoms with Crippen LogP contribution in [0.2, 0.25) is 0 Å². The number of nitrogens with one attached hydrogen (secondary N) is 2. The molecule has 0 aromatic heterocycles. The third kappa shape index (κ3) is 5.80. The lowest BCUT2D eigenvalue weighted by molar-refractivity contribution is -0.121. The fourth-order valence-corrected chi connectivity index (χ4v) is 3.45. The molecule has 2 N–H and O–H groups in total. The van der Waals surface area contributed by atoms with Crippen LogP contribution in [0.4, 0.5) is 0 Å². The van der Waals surface area contributed by atoms with Gasteiger partial charge < -0.3 is 15.4 Å². The SMILES string of the molecule is CC1CCCC(CCNCC(=O)NC2CCOCC2)C1. The summed E-state index contributed by atoms with van der Waals surface area (Å²) in [7, 11) is 0. The molecule has 2 atom stereocenters. The first-order chi connectivity index (χ1) is 9.74. The van der Waals surface area contributed by atoms with Gasteiger partial charge in [-0.15, -0.1) is 0 Å². The Bertz CT molecular complexity index is 290. The van der Waals surface area contributed by atoms with Crippen molar-refractivity contribution >= 4 is 5.91 Å².